The molecule has 2 atom stereocenters. The third-order valence-electron chi connectivity index (χ3n) is 6.49. The first kappa shape index (κ1) is 31.4. The predicted octanol–water partition coefficient (Wildman–Crippen LogP) is 5.38. The minimum absolute atomic E-state index is 0.0848. The summed E-state index contributed by atoms with van der Waals surface area (Å²) in [5.74, 6) is 0.311. The van der Waals surface area contributed by atoms with E-state index in [1.54, 1.807) is 89.5 Å². The van der Waals surface area contributed by atoms with Gasteiger partial charge in [-0.15, -0.1) is 0 Å². The number of carboxylic acids is 1. The second-order valence-electron chi connectivity index (χ2n) is 12.3. The molecule has 0 saturated carbocycles. The second kappa shape index (κ2) is 12.0. The van der Waals surface area contributed by atoms with Gasteiger partial charge in [-0.05, 0) is 79.7 Å². The van der Waals surface area contributed by atoms with Crippen molar-refractivity contribution >= 4 is 41.1 Å². The number of hydrogen-bond donors (Lipinski definition) is 2. The highest BCUT2D eigenvalue weighted by molar-refractivity contribution is 5.97. The van der Waals surface area contributed by atoms with Gasteiger partial charge in [0.1, 0.15) is 28.8 Å². The van der Waals surface area contributed by atoms with E-state index in [-0.39, 0.29) is 13.0 Å². The highest BCUT2D eigenvalue weighted by Crippen LogP contribution is 2.35. The highest BCUT2D eigenvalue weighted by Gasteiger charge is 2.42. The number of nitrogens with zero attached hydrogens (tertiary/aromatic N) is 5. The molecule has 43 heavy (non-hydrogen) atoms. The smallest absolute Gasteiger partial charge is 0.420 e. The Morgan fingerprint density at radius 2 is 1.70 bits per heavy atom. The van der Waals surface area contributed by atoms with Crippen LogP contribution in [0.2, 0.25) is 0 Å². The topological polar surface area (TPSA) is 148 Å². The number of nitrogens with one attached hydrogen (secondary N) is 1. The minimum atomic E-state index is -1.13. The van der Waals surface area contributed by atoms with Crippen LogP contribution in [0.5, 0.6) is 5.75 Å². The van der Waals surface area contributed by atoms with E-state index in [1.807, 2.05) is 6.92 Å². The number of ether oxygens (including phenoxy) is 3. The van der Waals surface area contributed by atoms with Gasteiger partial charge in [-0.2, -0.15) is 9.61 Å². The molecule has 1 saturated heterocycles. The molecule has 13 nitrogen and oxygen atoms in total. The number of rotatable bonds is 7. The van der Waals surface area contributed by atoms with E-state index in [9.17, 15) is 19.5 Å². The average molecular weight is 597 g/mol. The van der Waals surface area contributed by atoms with Gasteiger partial charge in [0.15, 0.2) is 11.5 Å². The maximum absolute atomic E-state index is 13.8. The lowest BCUT2D eigenvalue weighted by molar-refractivity contribution is -0.142. The van der Waals surface area contributed by atoms with E-state index in [1.165, 1.54) is 9.80 Å². The number of anilines is 3. The van der Waals surface area contributed by atoms with E-state index in [0.29, 0.717) is 40.9 Å². The van der Waals surface area contributed by atoms with Crippen molar-refractivity contribution in [2.45, 2.75) is 85.1 Å². The van der Waals surface area contributed by atoms with Gasteiger partial charge in [0, 0.05) is 30.6 Å². The summed E-state index contributed by atoms with van der Waals surface area (Å²) in [7, 11) is 0. The first-order valence-electron chi connectivity index (χ1n) is 14.2. The van der Waals surface area contributed by atoms with Gasteiger partial charge in [0.25, 0.3) is 0 Å². The number of hydrogen-bond acceptors (Lipinski definition) is 9. The summed E-state index contributed by atoms with van der Waals surface area (Å²) in [6.07, 6.45) is 0.370. The normalized spacial score (nSPS) is 17.1. The number of fused-ring (bicyclic) bond motifs is 1. The Balaban J connectivity index is 1.75. The van der Waals surface area contributed by atoms with Gasteiger partial charge in [0.05, 0.1) is 18.5 Å². The van der Waals surface area contributed by atoms with Crippen molar-refractivity contribution in [3.05, 3.63) is 42.1 Å². The van der Waals surface area contributed by atoms with E-state index in [0.717, 1.165) is 0 Å². The molecule has 3 heterocycles. The molecule has 0 bridgehead atoms. The molecule has 3 aromatic rings. The van der Waals surface area contributed by atoms with Gasteiger partial charge >= 0.3 is 18.2 Å². The molecule has 1 aliphatic rings. The molecule has 0 radical (unpaired) electrons. The molecule has 2 aromatic heterocycles. The van der Waals surface area contributed by atoms with Gasteiger partial charge in [-0.25, -0.2) is 24.3 Å². The number of carbonyl (C=O) groups excluding carboxylic acids is 2. The van der Waals surface area contributed by atoms with Crippen molar-refractivity contribution in [1.29, 1.82) is 0 Å². The van der Waals surface area contributed by atoms with Crippen LogP contribution in [-0.2, 0) is 14.3 Å². The van der Waals surface area contributed by atoms with Crippen molar-refractivity contribution in [3.8, 4) is 5.75 Å². The summed E-state index contributed by atoms with van der Waals surface area (Å²) in [5, 5.41) is 17.6. The Hall–Kier alpha value is -4.55. The average Bonchev–Trinajstić information content (AvgIpc) is 3.53. The molecule has 0 aliphatic carbocycles. The zero-order chi connectivity index (χ0) is 31.7. The molecular formula is C30H40N6O7. The fraction of sp³-hybridized carbons (Fsp3) is 0.500. The van der Waals surface area contributed by atoms with Crippen LogP contribution in [-0.4, -0.2) is 79.2 Å². The quantitative estimate of drug-likeness (QED) is 0.364. The van der Waals surface area contributed by atoms with Crippen LogP contribution in [0.15, 0.2) is 36.5 Å². The Morgan fingerprint density at radius 3 is 2.28 bits per heavy atom. The maximum Gasteiger partial charge on any atom is 0.420 e. The summed E-state index contributed by atoms with van der Waals surface area (Å²) in [4.78, 5) is 46.0. The molecule has 0 spiro atoms. The zero-order valence-electron chi connectivity index (χ0n) is 25.9. The zero-order valence-corrected chi connectivity index (χ0v) is 25.9. The van der Waals surface area contributed by atoms with Crippen LogP contribution >= 0.6 is 0 Å². The highest BCUT2D eigenvalue weighted by atomic mass is 16.6. The number of benzene rings is 1. The lowest BCUT2D eigenvalue weighted by atomic mass is 10.1. The minimum Gasteiger partial charge on any atom is -0.494 e. The van der Waals surface area contributed by atoms with Crippen LogP contribution in [0.1, 0.15) is 60.5 Å². The molecule has 1 aliphatic heterocycles. The molecule has 4 rings (SSSR count). The molecule has 1 unspecified atom stereocenters. The molecule has 2 amide bonds. The summed E-state index contributed by atoms with van der Waals surface area (Å²) in [6, 6.07) is 7.20. The van der Waals surface area contributed by atoms with Crippen LogP contribution in [0.25, 0.3) is 5.65 Å². The molecule has 232 valence electrons. The fourth-order valence-corrected chi connectivity index (χ4v) is 4.78. The van der Waals surface area contributed by atoms with Gasteiger partial charge in [-0.3, -0.25) is 4.90 Å². The molecular weight excluding hydrogens is 556 g/mol. The summed E-state index contributed by atoms with van der Waals surface area (Å²) in [6.45, 7) is 14.8. The third-order valence-corrected chi connectivity index (χ3v) is 6.49. The summed E-state index contributed by atoms with van der Waals surface area (Å²) in [5.41, 5.74) is -0.0553. The Bertz CT molecular complexity index is 1490. The van der Waals surface area contributed by atoms with Crippen molar-refractivity contribution in [2.24, 2.45) is 0 Å². The second-order valence-corrected chi connectivity index (χ2v) is 12.3. The molecule has 1 fully saturated rings. The van der Waals surface area contributed by atoms with Gasteiger partial charge in [0.2, 0.25) is 0 Å². The summed E-state index contributed by atoms with van der Waals surface area (Å²) >= 11 is 0. The van der Waals surface area contributed by atoms with Crippen LogP contribution < -0.4 is 15.0 Å². The van der Waals surface area contributed by atoms with Crippen molar-refractivity contribution in [2.75, 3.05) is 23.4 Å². The predicted molar refractivity (Wildman–Crippen MR) is 160 cm³/mol. The standard InChI is InChI=1S/C30H40N6O7/c1-9-41-21-12-10-20(11-13-21)35(28(40)43-30(6,7)8)25-18(2)24(33-23-14-15-31-36(23)25)32-19-16-22(26(37)38)34(17-19)27(39)42-29(3,4)5/h10-15,19,22H,9,16-17H2,1-8H3,(H,32,33)(H,37,38)/t19?,22-/m1/s1. The Labute approximate surface area is 250 Å². The van der Waals surface area contributed by atoms with E-state index in [4.69, 9.17) is 19.2 Å². The lowest BCUT2D eigenvalue weighted by Crippen LogP contribution is -2.43. The van der Waals surface area contributed by atoms with Gasteiger partial charge < -0.3 is 24.6 Å². The molecule has 13 heteroatoms. The first-order valence-corrected chi connectivity index (χ1v) is 14.2. The SMILES string of the molecule is CCOc1ccc(N(C(=O)OC(C)(C)C)c2c(C)c(NC3C[C@H](C(=O)O)N(C(=O)OC(C)(C)C)C3)nc3ccnn23)cc1. The maximum atomic E-state index is 13.8. The third kappa shape index (κ3) is 7.27. The number of aromatic nitrogens is 3. The lowest BCUT2D eigenvalue weighted by Gasteiger charge is -2.29. The Kier molecular flexibility index (Phi) is 8.74. The Morgan fingerprint density at radius 1 is 1.05 bits per heavy atom. The first-order chi connectivity index (χ1) is 20.1. The fourth-order valence-electron chi connectivity index (χ4n) is 4.78. The van der Waals surface area contributed by atoms with E-state index in [2.05, 4.69) is 10.4 Å². The molecule has 2 N–H and O–H groups in total. The number of carboxylic acid groups (broad SMARTS) is 1. The van der Waals surface area contributed by atoms with Crippen LogP contribution in [0.3, 0.4) is 0 Å². The summed E-state index contributed by atoms with van der Waals surface area (Å²) < 4.78 is 18.4. The van der Waals surface area contributed by atoms with E-state index < -0.39 is 41.4 Å². The van der Waals surface area contributed by atoms with Crippen molar-refractivity contribution in [3.63, 3.8) is 0 Å². The number of carbonyl (C=O) groups is 3. The van der Waals surface area contributed by atoms with Crippen molar-refractivity contribution in [1.82, 2.24) is 19.5 Å². The number of aliphatic carboxylic acids is 1. The van der Waals surface area contributed by atoms with Crippen molar-refractivity contribution < 1.29 is 33.7 Å². The molecule has 1 aromatic carbocycles. The number of amides is 2. The monoisotopic (exact) mass is 596 g/mol. The largest absolute Gasteiger partial charge is 0.494 e. The van der Waals surface area contributed by atoms with Crippen LogP contribution in [0, 0.1) is 6.92 Å². The number of likely N-dealkylation sites (tertiary alicyclic amines) is 1. The van der Waals surface area contributed by atoms with E-state index >= 15 is 0 Å². The van der Waals surface area contributed by atoms with Crippen LogP contribution in [0.4, 0.5) is 26.9 Å². The van der Waals surface area contributed by atoms with Gasteiger partial charge in [-0.1, -0.05) is 0 Å².